The largest absolute Gasteiger partial charge is 0.507 e. The number of carbonyl (C=O) groups is 1. The van der Waals surface area contributed by atoms with Crippen molar-refractivity contribution >= 4 is 12.4 Å². The molecule has 0 saturated heterocycles. The first-order valence-electron chi connectivity index (χ1n) is 4.45. The number of benzene rings is 1. The van der Waals surface area contributed by atoms with Crippen molar-refractivity contribution in [1.82, 2.24) is 0 Å². The summed E-state index contributed by atoms with van der Waals surface area (Å²) in [6.45, 7) is 0. The fraction of sp³-hybridized carbons (Fsp3) is 0.182. The van der Waals surface area contributed by atoms with Gasteiger partial charge in [0.2, 0.25) is 0 Å². The number of carbonyl (C=O) groups excluding carboxylic acids is 1. The monoisotopic (exact) mass is 230 g/mol. The first kappa shape index (κ1) is 12.3. The predicted molar refractivity (Wildman–Crippen MR) is 52.8 cm³/mol. The average molecular weight is 230 g/mol. The zero-order chi connectivity index (χ0) is 12.2. The van der Waals surface area contributed by atoms with Crippen LogP contribution in [0.5, 0.6) is 5.75 Å². The van der Waals surface area contributed by atoms with E-state index in [1.807, 2.05) is 0 Å². The fourth-order valence-electron chi connectivity index (χ4n) is 1.11. The summed E-state index contributed by atoms with van der Waals surface area (Å²) in [6.07, 6.45) is -1.08. The molecule has 0 heterocycles. The molecule has 0 atom stereocenters. The quantitative estimate of drug-likeness (QED) is 0.810. The van der Waals surface area contributed by atoms with Crippen LogP contribution in [-0.4, -0.2) is 11.4 Å². The standard InChI is InChI=1S/C11H9F3O2/c12-11(13,14)9-4-5-10(16)8(7-9)3-1-2-6-15/h1,3-7,16H,2H2. The average Bonchev–Trinajstić information content (AvgIpc) is 2.19. The van der Waals surface area contributed by atoms with Crippen LogP contribution in [0.3, 0.4) is 0 Å². The molecule has 0 saturated carbocycles. The van der Waals surface area contributed by atoms with Crippen molar-refractivity contribution in [2.45, 2.75) is 12.6 Å². The first-order chi connectivity index (χ1) is 7.45. The lowest BCUT2D eigenvalue weighted by Gasteiger charge is -2.08. The number of phenols is 1. The number of allylic oxidation sites excluding steroid dienone is 1. The second kappa shape index (κ2) is 4.83. The maximum atomic E-state index is 12.3. The number of hydrogen-bond acceptors (Lipinski definition) is 2. The fourth-order valence-corrected chi connectivity index (χ4v) is 1.11. The van der Waals surface area contributed by atoms with Crippen molar-refractivity contribution in [3.8, 4) is 5.75 Å². The van der Waals surface area contributed by atoms with Gasteiger partial charge in [0.15, 0.2) is 0 Å². The van der Waals surface area contributed by atoms with Crippen molar-refractivity contribution in [1.29, 1.82) is 0 Å². The molecule has 0 bridgehead atoms. The van der Waals surface area contributed by atoms with Crippen molar-refractivity contribution in [2.24, 2.45) is 0 Å². The van der Waals surface area contributed by atoms with E-state index in [2.05, 4.69) is 0 Å². The van der Waals surface area contributed by atoms with Gasteiger partial charge in [-0.25, -0.2) is 0 Å². The van der Waals surface area contributed by atoms with E-state index in [9.17, 15) is 23.1 Å². The molecular formula is C11H9F3O2. The minimum absolute atomic E-state index is 0.0386. The van der Waals surface area contributed by atoms with Gasteiger partial charge in [-0.2, -0.15) is 13.2 Å². The Bertz CT molecular complexity index is 408. The van der Waals surface area contributed by atoms with E-state index in [1.165, 1.54) is 12.2 Å². The third kappa shape index (κ3) is 3.12. The molecular weight excluding hydrogens is 221 g/mol. The van der Waals surface area contributed by atoms with Gasteiger partial charge in [-0.05, 0) is 18.2 Å². The lowest BCUT2D eigenvalue weighted by atomic mass is 10.1. The molecule has 1 N–H and O–H groups in total. The lowest BCUT2D eigenvalue weighted by Crippen LogP contribution is -2.04. The Kier molecular flexibility index (Phi) is 3.71. The number of aromatic hydroxyl groups is 1. The molecule has 1 aromatic rings. The predicted octanol–water partition coefficient (Wildman–Crippen LogP) is 3.01. The highest BCUT2D eigenvalue weighted by atomic mass is 19.4. The van der Waals surface area contributed by atoms with Crippen molar-refractivity contribution in [3.05, 3.63) is 35.4 Å². The van der Waals surface area contributed by atoms with Gasteiger partial charge in [0.05, 0.1) is 5.56 Å². The normalized spacial score (nSPS) is 11.9. The summed E-state index contributed by atoms with van der Waals surface area (Å²) in [7, 11) is 0. The Hall–Kier alpha value is -1.78. The molecule has 16 heavy (non-hydrogen) atoms. The summed E-state index contributed by atoms with van der Waals surface area (Å²) < 4.78 is 37.0. The zero-order valence-corrected chi connectivity index (χ0v) is 8.16. The highest BCUT2D eigenvalue weighted by Crippen LogP contribution is 2.32. The minimum Gasteiger partial charge on any atom is -0.507 e. The molecule has 0 fully saturated rings. The Labute approximate surface area is 90.0 Å². The Morgan fingerprint density at radius 1 is 1.31 bits per heavy atom. The third-order valence-electron chi connectivity index (χ3n) is 1.88. The van der Waals surface area contributed by atoms with E-state index in [0.717, 1.165) is 18.2 Å². The molecule has 0 aliphatic rings. The summed E-state index contributed by atoms with van der Waals surface area (Å²) in [5.41, 5.74) is -0.798. The first-order valence-corrected chi connectivity index (χ1v) is 4.45. The van der Waals surface area contributed by atoms with Crippen LogP contribution in [0, 0.1) is 0 Å². The zero-order valence-electron chi connectivity index (χ0n) is 8.16. The number of rotatable bonds is 3. The number of alkyl halides is 3. The smallest absolute Gasteiger partial charge is 0.416 e. The van der Waals surface area contributed by atoms with Gasteiger partial charge in [0.25, 0.3) is 0 Å². The van der Waals surface area contributed by atoms with Crippen LogP contribution < -0.4 is 0 Å². The molecule has 2 nitrogen and oxygen atoms in total. The molecule has 0 radical (unpaired) electrons. The van der Waals surface area contributed by atoms with E-state index in [0.29, 0.717) is 6.29 Å². The van der Waals surface area contributed by atoms with Gasteiger partial charge in [-0.3, -0.25) is 0 Å². The molecule has 0 spiro atoms. The summed E-state index contributed by atoms with van der Waals surface area (Å²) in [5.74, 6) is -0.254. The molecule has 0 aliphatic heterocycles. The molecule has 1 rings (SSSR count). The van der Waals surface area contributed by atoms with Crippen molar-refractivity contribution < 1.29 is 23.1 Å². The van der Waals surface area contributed by atoms with Gasteiger partial charge in [0, 0.05) is 12.0 Å². The summed E-state index contributed by atoms with van der Waals surface area (Å²) in [6, 6.07) is 2.60. The topological polar surface area (TPSA) is 37.3 Å². The number of aldehydes is 1. The van der Waals surface area contributed by atoms with Crippen LogP contribution in [0.4, 0.5) is 13.2 Å². The molecule has 0 aliphatic carbocycles. The van der Waals surface area contributed by atoms with E-state index in [-0.39, 0.29) is 17.7 Å². The molecule has 0 amide bonds. The van der Waals surface area contributed by atoms with Crippen molar-refractivity contribution in [2.75, 3.05) is 0 Å². The van der Waals surface area contributed by atoms with E-state index in [1.54, 1.807) is 0 Å². The highest BCUT2D eigenvalue weighted by Gasteiger charge is 2.30. The Morgan fingerprint density at radius 2 is 2.00 bits per heavy atom. The molecule has 86 valence electrons. The SMILES string of the molecule is O=CCC=Cc1cc(C(F)(F)F)ccc1O. The van der Waals surface area contributed by atoms with Crippen LogP contribution in [0.2, 0.25) is 0 Å². The second-order valence-electron chi connectivity index (χ2n) is 3.08. The van der Waals surface area contributed by atoms with Crippen LogP contribution in [-0.2, 0) is 11.0 Å². The second-order valence-corrected chi connectivity index (χ2v) is 3.08. The summed E-state index contributed by atoms with van der Waals surface area (Å²) >= 11 is 0. The number of hydrogen-bond donors (Lipinski definition) is 1. The van der Waals surface area contributed by atoms with E-state index in [4.69, 9.17) is 0 Å². The van der Waals surface area contributed by atoms with Crippen LogP contribution >= 0.6 is 0 Å². The molecule has 0 aromatic heterocycles. The molecule has 1 aromatic carbocycles. The van der Waals surface area contributed by atoms with Gasteiger partial charge < -0.3 is 9.90 Å². The van der Waals surface area contributed by atoms with Crippen molar-refractivity contribution in [3.63, 3.8) is 0 Å². The van der Waals surface area contributed by atoms with E-state index < -0.39 is 11.7 Å². The number of halogens is 3. The summed E-state index contributed by atoms with van der Waals surface area (Å²) in [5, 5.41) is 9.29. The van der Waals surface area contributed by atoms with Gasteiger partial charge in [-0.15, -0.1) is 0 Å². The Balaban J connectivity index is 3.04. The van der Waals surface area contributed by atoms with Crippen LogP contribution in [0.1, 0.15) is 17.5 Å². The minimum atomic E-state index is -4.44. The van der Waals surface area contributed by atoms with E-state index >= 15 is 0 Å². The van der Waals surface area contributed by atoms with Crippen LogP contribution in [0.15, 0.2) is 24.3 Å². The van der Waals surface area contributed by atoms with Crippen LogP contribution in [0.25, 0.3) is 6.08 Å². The summed E-state index contributed by atoms with van der Waals surface area (Å²) in [4.78, 5) is 10.0. The third-order valence-corrected chi connectivity index (χ3v) is 1.88. The highest BCUT2D eigenvalue weighted by molar-refractivity contribution is 5.62. The molecule has 5 heteroatoms. The maximum absolute atomic E-state index is 12.3. The number of phenolic OH excluding ortho intramolecular Hbond substituents is 1. The lowest BCUT2D eigenvalue weighted by molar-refractivity contribution is -0.137. The van der Waals surface area contributed by atoms with Gasteiger partial charge in [0.1, 0.15) is 12.0 Å². The van der Waals surface area contributed by atoms with Gasteiger partial charge in [-0.1, -0.05) is 12.2 Å². The maximum Gasteiger partial charge on any atom is 0.416 e. The Morgan fingerprint density at radius 3 is 2.56 bits per heavy atom. The molecule has 0 unspecified atom stereocenters. The van der Waals surface area contributed by atoms with Gasteiger partial charge >= 0.3 is 6.18 Å².